The minimum atomic E-state index is -1.00. The first-order valence-corrected chi connectivity index (χ1v) is 11.1. The Morgan fingerprint density at radius 3 is 1.85 bits per heavy atom. The van der Waals surface area contributed by atoms with Gasteiger partial charge in [-0.1, -0.05) is 23.2 Å². The summed E-state index contributed by atoms with van der Waals surface area (Å²) in [5.41, 5.74) is 0.792. The molecule has 0 saturated carbocycles. The fourth-order valence-corrected chi connectivity index (χ4v) is 4.35. The van der Waals surface area contributed by atoms with Gasteiger partial charge in [-0.2, -0.15) is 0 Å². The number of halogens is 2. The van der Waals surface area contributed by atoms with Gasteiger partial charge in [0.1, 0.15) is 11.8 Å². The van der Waals surface area contributed by atoms with Crippen LogP contribution in [0.1, 0.15) is 38.0 Å². The molecule has 0 N–H and O–H groups in total. The van der Waals surface area contributed by atoms with Crippen LogP contribution in [0.25, 0.3) is 0 Å². The molecule has 10 heteroatoms. The molecular weight excluding hydrogens is 469 g/mol. The fourth-order valence-electron chi connectivity index (χ4n) is 4.03. The van der Waals surface area contributed by atoms with Crippen LogP contribution in [0.3, 0.4) is 0 Å². The quantitative estimate of drug-likeness (QED) is 0.616. The zero-order valence-electron chi connectivity index (χ0n) is 18.0. The largest absolute Gasteiger partial charge is 0.497 e. The average molecular weight is 490 g/mol. The van der Waals surface area contributed by atoms with E-state index in [4.69, 9.17) is 27.9 Å². The molecule has 0 aliphatic carbocycles. The molecule has 2 heterocycles. The van der Waals surface area contributed by atoms with Gasteiger partial charge in [-0.15, -0.1) is 0 Å². The van der Waals surface area contributed by atoms with Gasteiger partial charge >= 0.3 is 0 Å². The van der Waals surface area contributed by atoms with Gasteiger partial charge in [0, 0.05) is 31.7 Å². The zero-order chi connectivity index (χ0) is 23.9. The van der Waals surface area contributed by atoms with Gasteiger partial charge in [0.2, 0.25) is 5.91 Å². The SMILES string of the molecule is COc1ccc(C(=O)N2CCN(C(=O)C(C)N3C(=O)c4cc(Cl)c(Cl)cc4C3=O)CC2)cc1. The summed E-state index contributed by atoms with van der Waals surface area (Å²) in [7, 11) is 1.56. The molecule has 1 atom stereocenters. The molecule has 0 bridgehead atoms. The minimum absolute atomic E-state index is 0.129. The van der Waals surface area contributed by atoms with Crippen LogP contribution in [0.2, 0.25) is 10.0 Å². The molecule has 2 aliphatic heterocycles. The van der Waals surface area contributed by atoms with E-state index >= 15 is 0 Å². The Kier molecular flexibility index (Phi) is 6.32. The normalized spacial score (nSPS) is 16.7. The van der Waals surface area contributed by atoms with Crippen molar-refractivity contribution in [1.29, 1.82) is 0 Å². The van der Waals surface area contributed by atoms with E-state index in [0.29, 0.717) is 37.5 Å². The number of piperazine rings is 1. The van der Waals surface area contributed by atoms with E-state index in [1.165, 1.54) is 19.1 Å². The number of imide groups is 1. The molecule has 1 saturated heterocycles. The highest BCUT2D eigenvalue weighted by Crippen LogP contribution is 2.32. The lowest BCUT2D eigenvalue weighted by Crippen LogP contribution is -2.56. The Morgan fingerprint density at radius 2 is 1.36 bits per heavy atom. The number of hydrogen-bond donors (Lipinski definition) is 0. The summed E-state index contributed by atoms with van der Waals surface area (Å²) in [6.07, 6.45) is 0. The second-order valence-corrected chi connectivity index (χ2v) is 8.63. The van der Waals surface area contributed by atoms with Gasteiger partial charge in [-0.3, -0.25) is 24.1 Å². The molecule has 4 rings (SSSR count). The maximum absolute atomic E-state index is 13.1. The Hall–Kier alpha value is -3.10. The molecule has 33 heavy (non-hydrogen) atoms. The number of nitrogens with zero attached hydrogens (tertiary/aromatic N) is 3. The molecule has 0 spiro atoms. The number of amides is 4. The zero-order valence-corrected chi connectivity index (χ0v) is 19.5. The Morgan fingerprint density at radius 1 is 0.879 bits per heavy atom. The monoisotopic (exact) mass is 489 g/mol. The smallest absolute Gasteiger partial charge is 0.262 e. The number of carbonyl (C=O) groups is 4. The second-order valence-electron chi connectivity index (χ2n) is 7.81. The highest BCUT2D eigenvalue weighted by Gasteiger charge is 2.43. The first-order valence-electron chi connectivity index (χ1n) is 10.3. The molecule has 2 aromatic rings. The van der Waals surface area contributed by atoms with Crippen LogP contribution in [-0.4, -0.2) is 77.7 Å². The Bertz CT molecular complexity index is 1100. The lowest BCUT2D eigenvalue weighted by molar-refractivity contribution is -0.136. The summed E-state index contributed by atoms with van der Waals surface area (Å²) in [6.45, 7) is 2.80. The molecule has 172 valence electrons. The first-order chi connectivity index (χ1) is 15.7. The van der Waals surface area contributed by atoms with Crippen molar-refractivity contribution < 1.29 is 23.9 Å². The molecule has 4 amide bonds. The maximum Gasteiger partial charge on any atom is 0.262 e. The predicted molar refractivity (Wildman–Crippen MR) is 122 cm³/mol. The molecule has 1 unspecified atom stereocenters. The minimum Gasteiger partial charge on any atom is -0.497 e. The van der Waals surface area contributed by atoms with Crippen LogP contribution >= 0.6 is 23.2 Å². The van der Waals surface area contributed by atoms with Crippen molar-refractivity contribution in [2.45, 2.75) is 13.0 Å². The van der Waals surface area contributed by atoms with E-state index in [0.717, 1.165) is 4.90 Å². The van der Waals surface area contributed by atoms with Crippen molar-refractivity contribution >= 4 is 46.8 Å². The number of rotatable bonds is 4. The number of hydrogen-bond acceptors (Lipinski definition) is 5. The van der Waals surface area contributed by atoms with E-state index in [1.54, 1.807) is 41.2 Å². The van der Waals surface area contributed by atoms with Gasteiger partial charge in [0.15, 0.2) is 0 Å². The van der Waals surface area contributed by atoms with Crippen molar-refractivity contribution in [3.8, 4) is 5.75 Å². The number of methoxy groups -OCH3 is 1. The number of ether oxygens (including phenoxy) is 1. The highest BCUT2D eigenvalue weighted by molar-refractivity contribution is 6.43. The van der Waals surface area contributed by atoms with Crippen molar-refractivity contribution in [2.24, 2.45) is 0 Å². The number of benzene rings is 2. The summed E-state index contributed by atoms with van der Waals surface area (Å²) in [5, 5.41) is 0.324. The predicted octanol–water partition coefficient (Wildman–Crippen LogP) is 2.97. The van der Waals surface area contributed by atoms with E-state index in [2.05, 4.69) is 0 Å². The van der Waals surface area contributed by atoms with Gasteiger partial charge < -0.3 is 14.5 Å². The molecule has 2 aliphatic rings. The molecular formula is C23H21Cl2N3O5. The molecule has 8 nitrogen and oxygen atoms in total. The summed E-state index contributed by atoms with van der Waals surface area (Å²) in [4.78, 5) is 55.6. The third kappa shape index (κ3) is 4.16. The van der Waals surface area contributed by atoms with Crippen molar-refractivity contribution in [2.75, 3.05) is 33.3 Å². The van der Waals surface area contributed by atoms with E-state index in [-0.39, 0.29) is 33.0 Å². The standard InChI is InChI=1S/C23H21Cl2N3O5/c1-13(28-22(31)16-11-18(24)19(25)12-17(16)23(28)32)20(29)26-7-9-27(10-8-26)21(30)14-3-5-15(33-2)6-4-14/h3-6,11-13H,7-10H2,1-2H3. The average Bonchev–Trinajstić information content (AvgIpc) is 3.07. The van der Waals surface area contributed by atoms with E-state index < -0.39 is 17.9 Å². The molecule has 0 aromatic heterocycles. The maximum atomic E-state index is 13.1. The number of fused-ring (bicyclic) bond motifs is 1. The van der Waals surface area contributed by atoms with Crippen LogP contribution in [0.4, 0.5) is 0 Å². The first kappa shape index (κ1) is 23.1. The van der Waals surface area contributed by atoms with Gasteiger partial charge in [0.05, 0.1) is 28.3 Å². The van der Waals surface area contributed by atoms with E-state index in [1.807, 2.05) is 0 Å². The summed E-state index contributed by atoms with van der Waals surface area (Å²) in [5.74, 6) is -0.996. The van der Waals surface area contributed by atoms with Crippen LogP contribution in [0.15, 0.2) is 36.4 Å². The van der Waals surface area contributed by atoms with Gasteiger partial charge in [-0.25, -0.2) is 0 Å². The Balaban J connectivity index is 1.41. The van der Waals surface area contributed by atoms with Gasteiger partial charge in [-0.05, 0) is 43.3 Å². The fraction of sp³-hybridized carbons (Fsp3) is 0.304. The van der Waals surface area contributed by atoms with Crippen LogP contribution in [0.5, 0.6) is 5.75 Å². The highest BCUT2D eigenvalue weighted by atomic mass is 35.5. The summed E-state index contributed by atoms with van der Waals surface area (Å²) >= 11 is 12.0. The van der Waals surface area contributed by atoms with Crippen molar-refractivity contribution in [1.82, 2.24) is 14.7 Å². The Labute approximate surface area is 200 Å². The number of carbonyl (C=O) groups excluding carboxylic acids is 4. The molecule has 0 radical (unpaired) electrons. The van der Waals surface area contributed by atoms with E-state index in [9.17, 15) is 19.2 Å². The van der Waals surface area contributed by atoms with Crippen molar-refractivity contribution in [3.05, 3.63) is 63.1 Å². The third-order valence-electron chi connectivity index (χ3n) is 5.92. The lowest BCUT2D eigenvalue weighted by atomic mass is 10.1. The lowest BCUT2D eigenvalue weighted by Gasteiger charge is -2.37. The molecule has 1 fully saturated rings. The second kappa shape index (κ2) is 9.03. The topological polar surface area (TPSA) is 87.2 Å². The summed E-state index contributed by atoms with van der Waals surface area (Å²) in [6, 6.07) is 8.52. The third-order valence-corrected chi connectivity index (χ3v) is 6.64. The van der Waals surface area contributed by atoms with Crippen LogP contribution in [-0.2, 0) is 4.79 Å². The van der Waals surface area contributed by atoms with Gasteiger partial charge in [0.25, 0.3) is 17.7 Å². The van der Waals surface area contributed by atoms with Crippen LogP contribution in [0, 0.1) is 0 Å². The van der Waals surface area contributed by atoms with Crippen LogP contribution < -0.4 is 4.74 Å². The van der Waals surface area contributed by atoms with Crippen molar-refractivity contribution in [3.63, 3.8) is 0 Å². The molecule has 2 aromatic carbocycles. The summed E-state index contributed by atoms with van der Waals surface area (Å²) < 4.78 is 5.11.